The number of amides is 1. The standard InChI is InChI=1S/C22H23F2N3O3S/c1-26(12-14-6-8-15(9-7-14)30-22(23)24)18(28)10-11-27-13-25-20-19(21(27)29)16-4-2-3-5-17(16)31-20/h6-9,13,22H,2-5,10-12H2,1H3. The molecule has 1 aliphatic rings. The van der Waals surface area contributed by atoms with Crippen molar-refractivity contribution in [1.82, 2.24) is 14.5 Å². The minimum Gasteiger partial charge on any atom is -0.435 e. The fourth-order valence-electron chi connectivity index (χ4n) is 3.89. The molecule has 164 valence electrons. The van der Waals surface area contributed by atoms with Crippen LogP contribution in [0.1, 0.15) is 35.3 Å². The third-order valence-corrected chi connectivity index (χ3v) is 6.70. The van der Waals surface area contributed by atoms with Gasteiger partial charge in [-0.2, -0.15) is 8.78 Å². The van der Waals surface area contributed by atoms with Crippen molar-refractivity contribution in [2.24, 2.45) is 0 Å². The lowest BCUT2D eigenvalue weighted by Crippen LogP contribution is -2.29. The molecule has 0 saturated heterocycles. The van der Waals surface area contributed by atoms with E-state index in [4.69, 9.17) is 0 Å². The first-order chi connectivity index (χ1) is 14.9. The lowest BCUT2D eigenvalue weighted by molar-refractivity contribution is -0.130. The van der Waals surface area contributed by atoms with E-state index in [1.807, 2.05) is 0 Å². The number of carbonyl (C=O) groups excluding carboxylic acids is 1. The molecule has 0 N–H and O–H groups in total. The fraction of sp³-hybridized carbons (Fsp3) is 0.409. The molecule has 4 rings (SSSR count). The summed E-state index contributed by atoms with van der Waals surface area (Å²) < 4.78 is 30.3. The molecule has 1 aliphatic carbocycles. The van der Waals surface area contributed by atoms with Crippen molar-refractivity contribution >= 4 is 27.5 Å². The Labute approximate surface area is 182 Å². The number of halogens is 2. The summed E-state index contributed by atoms with van der Waals surface area (Å²) in [7, 11) is 1.67. The zero-order valence-electron chi connectivity index (χ0n) is 17.1. The average molecular weight is 448 g/mol. The first kappa shape index (κ1) is 21.4. The lowest BCUT2D eigenvalue weighted by Gasteiger charge is -2.18. The van der Waals surface area contributed by atoms with Crippen LogP contribution in [0.3, 0.4) is 0 Å². The molecule has 0 bridgehead atoms. The molecule has 0 radical (unpaired) electrons. The Kier molecular flexibility index (Phi) is 6.31. The Morgan fingerprint density at radius 3 is 2.74 bits per heavy atom. The first-order valence-corrected chi connectivity index (χ1v) is 11.0. The van der Waals surface area contributed by atoms with Crippen molar-refractivity contribution in [3.63, 3.8) is 0 Å². The Morgan fingerprint density at radius 2 is 2.00 bits per heavy atom. The molecule has 0 unspecified atom stereocenters. The van der Waals surface area contributed by atoms with E-state index in [0.717, 1.165) is 41.6 Å². The molecular formula is C22H23F2N3O3S. The van der Waals surface area contributed by atoms with Crippen LogP contribution < -0.4 is 10.3 Å². The van der Waals surface area contributed by atoms with E-state index in [0.29, 0.717) is 11.9 Å². The van der Waals surface area contributed by atoms with Crippen LogP contribution in [0.2, 0.25) is 0 Å². The Hall–Kier alpha value is -2.81. The van der Waals surface area contributed by atoms with Gasteiger partial charge in [-0.15, -0.1) is 11.3 Å². The molecule has 0 aliphatic heterocycles. The molecule has 0 saturated carbocycles. The third kappa shape index (κ3) is 4.76. The second-order valence-electron chi connectivity index (χ2n) is 7.66. The van der Waals surface area contributed by atoms with Gasteiger partial charge in [0.2, 0.25) is 5.91 Å². The van der Waals surface area contributed by atoms with Crippen LogP contribution in [0.25, 0.3) is 10.2 Å². The van der Waals surface area contributed by atoms with Gasteiger partial charge < -0.3 is 9.64 Å². The van der Waals surface area contributed by atoms with Gasteiger partial charge in [0.15, 0.2) is 0 Å². The Bertz CT molecular complexity index is 1140. The van der Waals surface area contributed by atoms with Gasteiger partial charge in [0.05, 0.1) is 11.7 Å². The predicted molar refractivity (Wildman–Crippen MR) is 115 cm³/mol. The molecule has 6 nitrogen and oxygen atoms in total. The van der Waals surface area contributed by atoms with Crippen molar-refractivity contribution in [2.45, 2.75) is 51.8 Å². The number of rotatable bonds is 7. The molecule has 0 fully saturated rings. The van der Waals surface area contributed by atoms with Gasteiger partial charge >= 0.3 is 6.61 Å². The van der Waals surface area contributed by atoms with Crippen molar-refractivity contribution in [1.29, 1.82) is 0 Å². The highest BCUT2D eigenvalue weighted by molar-refractivity contribution is 7.18. The summed E-state index contributed by atoms with van der Waals surface area (Å²) in [4.78, 5) is 33.6. The smallest absolute Gasteiger partial charge is 0.387 e. The summed E-state index contributed by atoms with van der Waals surface area (Å²) in [6.45, 7) is -2.28. The number of thiophene rings is 1. The summed E-state index contributed by atoms with van der Waals surface area (Å²) in [5, 5.41) is 0.717. The van der Waals surface area contributed by atoms with E-state index in [9.17, 15) is 18.4 Å². The molecular weight excluding hydrogens is 424 g/mol. The van der Waals surface area contributed by atoms with Crippen molar-refractivity contribution < 1.29 is 18.3 Å². The lowest BCUT2D eigenvalue weighted by atomic mass is 9.97. The normalized spacial score (nSPS) is 13.4. The second-order valence-corrected chi connectivity index (χ2v) is 8.74. The quantitative estimate of drug-likeness (QED) is 0.550. The number of hydrogen-bond acceptors (Lipinski definition) is 5. The SMILES string of the molecule is CN(Cc1ccc(OC(F)F)cc1)C(=O)CCn1cnc2sc3c(c2c1=O)CCCC3. The van der Waals surface area contributed by atoms with Gasteiger partial charge in [0.25, 0.3) is 5.56 Å². The van der Waals surface area contributed by atoms with E-state index in [-0.39, 0.29) is 30.2 Å². The number of nitrogens with zero attached hydrogens (tertiary/aromatic N) is 3. The number of aromatic nitrogens is 2. The minimum absolute atomic E-state index is 0.0746. The number of ether oxygens (including phenoxy) is 1. The van der Waals surface area contributed by atoms with E-state index in [2.05, 4.69) is 9.72 Å². The van der Waals surface area contributed by atoms with Gasteiger partial charge in [0, 0.05) is 31.4 Å². The number of benzene rings is 1. The summed E-state index contributed by atoms with van der Waals surface area (Å²) in [5.41, 5.74) is 1.86. The van der Waals surface area contributed by atoms with Gasteiger partial charge in [-0.05, 0) is 48.9 Å². The molecule has 9 heteroatoms. The number of carbonyl (C=O) groups is 1. The van der Waals surface area contributed by atoms with Gasteiger partial charge in [0.1, 0.15) is 10.6 Å². The summed E-state index contributed by atoms with van der Waals surface area (Å²) in [6, 6.07) is 6.18. The van der Waals surface area contributed by atoms with Crippen LogP contribution in [0.4, 0.5) is 8.78 Å². The number of aryl methyl sites for hydroxylation is 3. The zero-order chi connectivity index (χ0) is 22.0. The Morgan fingerprint density at radius 1 is 1.26 bits per heavy atom. The van der Waals surface area contributed by atoms with E-state index < -0.39 is 6.61 Å². The number of hydrogen-bond donors (Lipinski definition) is 0. The third-order valence-electron chi connectivity index (χ3n) is 5.50. The molecule has 2 heterocycles. The summed E-state index contributed by atoms with van der Waals surface area (Å²) in [5.74, 6) is -0.0436. The van der Waals surface area contributed by atoms with E-state index in [1.165, 1.54) is 27.9 Å². The highest BCUT2D eigenvalue weighted by atomic mass is 32.1. The molecule has 0 spiro atoms. The molecule has 31 heavy (non-hydrogen) atoms. The van der Waals surface area contributed by atoms with Crippen LogP contribution in [0, 0.1) is 0 Å². The van der Waals surface area contributed by atoms with E-state index >= 15 is 0 Å². The largest absolute Gasteiger partial charge is 0.435 e. The van der Waals surface area contributed by atoms with Gasteiger partial charge in [-0.25, -0.2) is 4.98 Å². The highest BCUT2D eigenvalue weighted by Crippen LogP contribution is 2.33. The van der Waals surface area contributed by atoms with Crippen LogP contribution in [0.15, 0.2) is 35.4 Å². The van der Waals surface area contributed by atoms with Crippen molar-refractivity contribution in [3.05, 3.63) is 57.0 Å². The maximum atomic E-state index is 13.0. The number of alkyl halides is 2. The monoisotopic (exact) mass is 447 g/mol. The molecule has 2 aromatic heterocycles. The topological polar surface area (TPSA) is 64.4 Å². The average Bonchev–Trinajstić information content (AvgIpc) is 3.13. The molecule has 0 atom stereocenters. The van der Waals surface area contributed by atoms with E-state index in [1.54, 1.807) is 35.4 Å². The maximum Gasteiger partial charge on any atom is 0.387 e. The zero-order valence-corrected chi connectivity index (χ0v) is 18.0. The summed E-state index contributed by atoms with van der Waals surface area (Å²) >= 11 is 1.61. The second kappa shape index (κ2) is 9.13. The summed E-state index contributed by atoms with van der Waals surface area (Å²) in [6.07, 6.45) is 5.86. The predicted octanol–water partition coefficient (Wildman–Crippen LogP) is 3.99. The van der Waals surface area contributed by atoms with Gasteiger partial charge in [-0.1, -0.05) is 12.1 Å². The fourth-order valence-corrected chi connectivity index (χ4v) is 5.11. The van der Waals surface area contributed by atoms with Crippen LogP contribution in [-0.2, 0) is 30.7 Å². The van der Waals surface area contributed by atoms with Crippen molar-refractivity contribution in [3.8, 4) is 5.75 Å². The number of fused-ring (bicyclic) bond motifs is 3. The van der Waals surface area contributed by atoms with Crippen LogP contribution in [-0.4, -0.2) is 34.0 Å². The van der Waals surface area contributed by atoms with Crippen LogP contribution in [0.5, 0.6) is 5.75 Å². The first-order valence-electron chi connectivity index (χ1n) is 10.2. The maximum absolute atomic E-state index is 13.0. The van der Waals surface area contributed by atoms with Gasteiger partial charge in [-0.3, -0.25) is 14.2 Å². The Balaban J connectivity index is 1.39. The van der Waals surface area contributed by atoms with Crippen LogP contribution >= 0.6 is 11.3 Å². The minimum atomic E-state index is -2.87. The highest BCUT2D eigenvalue weighted by Gasteiger charge is 2.20. The molecule has 1 amide bonds. The van der Waals surface area contributed by atoms with Crippen molar-refractivity contribution in [2.75, 3.05) is 7.05 Å². The molecule has 3 aromatic rings. The molecule has 1 aromatic carbocycles.